The summed E-state index contributed by atoms with van der Waals surface area (Å²) in [6, 6.07) is 7.35. The van der Waals surface area contributed by atoms with E-state index in [1.54, 1.807) is 6.07 Å². The van der Waals surface area contributed by atoms with Crippen molar-refractivity contribution in [2.75, 3.05) is 54.9 Å². The number of halogens is 1. The van der Waals surface area contributed by atoms with E-state index in [1.165, 1.54) is 17.5 Å². The molecule has 3 heterocycles. The van der Waals surface area contributed by atoms with Gasteiger partial charge in [0.15, 0.2) is 5.13 Å². The first-order valence-corrected chi connectivity index (χ1v) is 13.3. The summed E-state index contributed by atoms with van der Waals surface area (Å²) in [5.41, 5.74) is 1.47. The van der Waals surface area contributed by atoms with Crippen molar-refractivity contribution in [3.8, 4) is 0 Å². The van der Waals surface area contributed by atoms with Gasteiger partial charge in [-0.15, -0.1) is 0 Å². The highest BCUT2D eigenvalue weighted by Crippen LogP contribution is 2.28. The molecule has 0 bridgehead atoms. The van der Waals surface area contributed by atoms with E-state index in [1.807, 2.05) is 39.0 Å². The van der Waals surface area contributed by atoms with Crippen LogP contribution in [0.15, 0.2) is 30.5 Å². The van der Waals surface area contributed by atoms with Crippen molar-refractivity contribution in [2.45, 2.75) is 27.2 Å². The first kappa shape index (κ1) is 26.8. The molecule has 3 aromatic rings. The lowest BCUT2D eigenvalue weighted by atomic mass is 10.2. The lowest BCUT2D eigenvalue weighted by Crippen LogP contribution is -2.47. The molecule has 1 amide bonds. The van der Waals surface area contributed by atoms with Gasteiger partial charge >= 0.3 is 5.97 Å². The van der Waals surface area contributed by atoms with Gasteiger partial charge in [-0.1, -0.05) is 35.1 Å². The Morgan fingerprint density at radius 2 is 1.95 bits per heavy atom. The van der Waals surface area contributed by atoms with Gasteiger partial charge in [0.25, 0.3) is 5.91 Å². The molecule has 4 rings (SSSR count). The van der Waals surface area contributed by atoms with E-state index in [9.17, 15) is 9.59 Å². The third kappa shape index (κ3) is 7.15. The van der Waals surface area contributed by atoms with Gasteiger partial charge in [-0.3, -0.25) is 14.5 Å². The molecule has 0 saturated carbocycles. The van der Waals surface area contributed by atoms with Crippen LogP contribution in [0.5, 0.6) is 0 Å². The third-order valence-electron chi connectivity index (χ3n) is 5.88. The first-order valence-electron chi connectivity index (χ1n) is 12.1. The van der Waals surface area contributed by atoms with Crippen molar-refractivity contribution in [3.05, 3.63) is 51.7 Å². The minimum Gasteiger partial charge on any atom is -0.466 e. The summed E-state index contributed by atoms with van der Waals surface area (Å²) in [7, 11) is 0. The number of amides is 1. The molecule has 0 unspecified atom stereocenters. The van der Waals surface area contributed by atoms with E-state index < -0.39 is 0 Å². The molecular formula is C25H30ClN7O3S. The molecule has 12 heteroatoms. The van der Waals surface area contributed by atoms with Crippen LogP contribution < -0.4 is 15.5 Å². The predicted molar refractivity (Wildman–Crippen MR) is 146 cm³/mol. The zero-order valence-electron chi connectivity index (χ0n) is 21.1. The molecule has 1 saturated heterocycles. The van der Waals surface area contributed by atoms with Crippen LogP contribution in [-0.2, 0) is 9.53 Å². The van der Waals surface area contributed by atoms with Crippen molar-refractivity contribution in [1.82, 2.24) is 19.9 Å². The summed E-state index contributed by atoms with van der Waals surface area (Å²) in [5.74, 6) is 1.63. The van der Waals surface area contributed by atoms with Gasteiger partial charge in [-0.05, 0) is 32.4 Å². The Bertz CT molecular complexity index is 1240. The Hall–Kier alpha value is -3.28. The SMILES string of the molecule is CCOC(=O)CCN1CCN(c2cc(Nc3ncc(C(=O)Nc4c(C)cccc4Cl)s3)nc(C)n2)CC1. The maximum atomic E-state index is 12.8. The summed E-state index contributed by atoms with van der Waals surface area (Å²) >= 11 is 7.47. The Morgan fingerprint density at radius 1 is 1.16 bits per heavy atom. The molecule has 1 fully saturated rings. The quantitative estimate of drug-likeness (QED) is 0.382. The van der Waals surface area contributed by atoms with Gasteiger partial charge in [-0.2, -0.15) is 0 Å². The molecular weight excluding hydrogens is 514 g/mol. The number of rotatable bonds is 9. The maximum Gasteiger partial charge on any atom is 0.307 e. The highest BCUT2D eigenvalue weighted by molar-refractivity contribution is 7.17. The van der Waals surface area contributed by atoms with Gasteiger partial charge in [0.05, 0.1) is 29.9 Å². The monoisotopic (exact) mass is 543 g/mol. The largest absolute Gasteiger partial charge is 0.466 e. The normalized spacial score (nSPS) is 13.9. The summed E-state index contributed by atoms with van der Waals surface area (Å²) < 4.78 is 5.02. The summed E-state index contributed by atoms with van der Waals surface area (Å²) in [6.45, 7) is 9.91. The molecule has 10 nitrogen and oxygen atoms in total. The van der Waals surface area contributed by atoms with E-state index in [0.717, 1.165) is 37.6 Å². The van der Waals surface area contributed by atoms with E-state index in [2.05, 4.69) is 35.4 Å². The number of piperazine rings is 1. The zero-order chi connectivity index (χ0) is 26.4. The predicted octanol–water partition coefficient (Wildman–Crippen LogP) is 4.27. The number of nitrogens with one attached hydrogen (secondary N) is 2. The van der Waals surface area contributed by atoms with E-state index in [-0.39, 0.29) is 11.9 Å². The fourth-order valence-electron chi connectivity index (χ4n) is 3.97. The Morgan fingerprint density at radius 3 is 2.68 bits per heavy atom. The first-order chi connectivity index (χ1) is 17.8. The van der Waals surface area contributed by atoms with Crippen molar-refractivity contribution >= 4 is 57.3 Å². The van der Waals surface area contributed by atoms with Crippen molar-refractivity contribution in [3.63, 3.8) is 0 Å². The number of aryl methyl sites for hydroxylation is 2. The lowest BCUT2D eigenvalue weighted by molar-refractivity contribution is -0.143. The van der Waals surface area contributed by atoms with Crippen molar-refractivity contribution < 1.29 is 14.3 Å². The number of anilines is 4. The highest BCUT2D eigenvalue weighted by atomic mass is 35.5. The van der Waals surface area contributed by atoms with Crippen LogP contribution in [0.2, 0.25) is 5.02 Å². The van der Waals surface area contributed by atoms with Crippen LogP contribution in [0.4, 0.5) is 22.5 Å². The molecule has 37 heavy (non-hydrogen) atoms. The lowest BCUT2D eigenvalue weighted by Gasteiger charge is -2.35. The van der Waals surface area contributed by atoms with Crippen LogP contribution in [0, 0.1) is 13.8 Å². The number of thiazole rings is 1. The Kier molecular flexibility index (Phi) is 8.91. The van der Waals surface area contributed by atoms with Crippen molar-refractivity contribution in [1.29, 1.82) is 0 Å². The molecule has 2 N–H and O–H groups in total. The number of aromatic nitrogens is 3. The number of nitrogens with zero attached hydrogens (tertiary/aromatic N) is 5. The number of carbonyl (C=O) groups is 2. The molecule has 0 aliphatic carbocycles. The average Bonchev–Trinajstić information content (AvgIpc) is 3.34. The number of hydrogen-bond acceptors (Lipinski definition) is 10. The molecule has 0 radical (unpaired) electrons. The Balaban J connectivity index is 1.36. The van der Waals surface area contributed by atoms with Gasteiger partial charge < -0.3 is 20.3 Å². The highest BCUT2D eigenvalue weighted by Gasteiger charge is 2.20. The van der Waals surface area contributed by atoms with Crippen LogP contribution in [0.1, 0.15) is 34.4 Å². The third-order valence-corrected chi connectivity index (χ3v) is 7.11. The fourth-order valence-corrected chi connectivity index (χ4v) is 4.96. The Labute approximate surface area is 225 Å². The second-order valence-corrected chi connectivity index (χ2v) is 10.0. The van der Waals surface area contributed by atoms with Crippen LogP contribution in [0.3, 0.4) is 0 Å². The molecule has 0 atom stereocenters. The smallest absolute Gasteiger partial charge is 0.307 e. The minimum absolute atomic E-state index is 0.158. The number of hydrogen-bond donors (Lipinski definition) is 2. The fraction of sp³-hybridized carbons (Fsp3) is 0.400. The standard InChI is InChI=1S/C25H30ClN7O3S/c1-4-36-22(34)8-9-32-10-12-33(13-11-32)21-14-20(28-17(3)29-21)30-25-27-15-19(37-25)24(35)31-23-16(2)6-5-7-18(23)26/h5-7,14-15H,4,8-13H2,1-3H3,(H,31,35)(H,27,28,29,30). The molecule has 0 spiro atoms. The van der Waals surface area contributed by atoms with Crippen LogP contribution >= 0.6 is 22.9 Å². The van der Waals surface area contributed by atoms with Crippen LogP contribution in [-0.4, -0.2) is 71.1 Å². The van der Waals surface area contributed by atoms with E-state index >= 15 is 0 Å². The molecule has 1 aromatic carbocycles. The van der Waals surface area contributed by atoms with Gasteiger partial charge in [0.1, 0.15) is 22.3 Å². The second kappa shape index (κ2) is 12.3. The van der Waals surface area contributed by atoms with Crippen LogP contribution in [0.25, 0.3) is 0 Å². The molecule has 1 aliphatic heterocycles. The topological polar surface area (TPSA) is 113 Å². The van der Waals surface area contributed by atoms with Gasteiger partial charge in [0, 0.05) is 38.8 Å². The number of benzene rings is 1. The maximum absolute atomic E-state index is 12.8. The zero-order valence-corrected chi connectivity index (χ0v) is 22.7. The van der Waals surface area contributed by atoms with E-state index in [0.29, 0.717) is 51.9 Å². The number of carbonyl (C=O) groups excluding carboxylic acids is 2. The summed E-state index contributed by atoms with van der Waals surface area (Å²) in [5, 5.41) is 7.11. The number of ether oxygens (including phenoxy) is 1. The second-order valence-electron chi connectivity index (χ2n) is 8.58. The number of para-hydroxylation sites is 1. The van der Waals surface area contributed by atoms with Crippen molar-refractivity contribution in [2.24, 2.45) is 0 Å². The minimum atomic E-state index is -0.276. The average molecular weight is 544 g/mol. The summed E-state index contributed by atoms with van der Waals surface area (Å²) in [6.07, 6.45) is 1.93. The van der Waals surface area contributed by atoms with Gasteiger partial charge in [-0.25, -0.2) is 15.0 Å². The van der Waals surface area contributed by atoms with E-state index in [4.69, 9.17) is 16.3 Å². The molecule has 1 aliphatic rings. The summed E-state index contributed by atoms with van der Waals surface area (Å²) in [4.78, 5) is 42.7. The number of esters is 1. The molecule has 2 aromatic heterocycles. The molecule has 196 valence electrons. The van der Waals surface area contributed by atoms with Gasteiger partial charge in [0.2, 0.25) is 0 Å².